The second kappa shape index (κ2) is 8.50. The van der Waals surface area contributed by atoms with Crippen LogP contribution in [0.25, 0.3) is 10.9 Å². The first-order valence-electron chi connectivity index (χ1n) is 9.71. The van der Waals surface area contributed by atoms with E-state index in [0.717, 1.165) is 41.8 Å². The molecule has 1 fully saturated rings. The van der Waals surface area contributed by atoms with Gasteiger partial charge in [0.2, 0.25) is 5.91 Å². The third-order valence-electron chi connectivity index (χ3n) is 5.12. The van der Waals surface area contributed by atoms with E-state index in [1.165, 1.54) is 0 Å². The maximum Gasteiger partial charge on any atom is 0.242 e. The summed E-state index contributed by atoms with van der Waals surface area (Å²) in [6, 6.07) is 11.6. The zero-order valence-electron chi connectivity index (χ0n) is 16.0. The number of pyridine rings is 1. The molecule has 7 heteroatoms. The number of hydrogen-bond acceptors (Lipinski definition) is 5. The van der Waals surface area contributed by atoms with Gasteiger partial charge in [-0.25, -0.2) is 0 Å². The van der Waals surface area contributed by atoms with Gasteiger partial charge < -0.3 is 10.1 Å². The first-order chi connectivity index (χ1) is 13.8. The van der Waals surface area contributed by atoms with Crippen molar-refractivity contribution >= 4 is 16.8 Å². The highest BCUT2D eigenvalue weighted by molar-refractivity contribution is 5.85. The first-order valence-corrected chi connectivity index (χ1v) is 9.71. The lowest BCUT2D eigenvalue weighted by Gasteiger charge is -2.33. The molecule has 146 valence electrons. The third-order valence-corrected chi connectivity index (χ3v) is 5.12. The van der Waals surface area contributed by atoms with E-state index in [9.17, 15) is 4.79 Å². The van der Waals surface area contributed by atoms with Crippen LogP contribution in [0.15, 0.2) is 48.8 Å². The SMILES string of the molecule is CCn1nc(CNC(=O)[C@@H](c2cccnc2)N2CCOCC2)c2ccccc21. The van der Waals surface area contributed by atoms with Crippen LogP contribution < -0.4 is 5.32 Å². The molecule has 7 nitrogen and oxygen atoms in total. The largest absolute Gasteiger partial charge is 0.379 e. The lowest BCUT2D eigenvalue weighted by atomic mass is 10.1. The molecule has 1 N–H and O–H groups in total. The fraction of sp³-hybridized carbons (Fsp3) is 0.381. The van der Waals surface area contributed by atoms with E-state index in [0.29, 0.717) is 19.8 Å². The molecule has 0 spiro atoms. The van der Waals surface area contributed by atoms with Crippen LogP contribution in [0.4, 0.5) is 0 Å². The molecule has 1 amide bonds. The zero-order valence-corrected chi connectivity index (χ0v) is 16.0. The number of rotatable bonds is 6. The number of aromatic nitrogens is 3. The summed E-state index contributed by atoms with van der Waals surface area (Å²) >= 11 is 0. The van der Waals surface area contributed by atoms with Gasteiger partial charge in [0.15, 0.2) is 0 Å². The van der Waals surface area contributed by atoms with E-state index in [-0.39, 0.29) is 11.9 Å². The Morgan fingerprint density at radius 3 is 2.79 bits per heavy atom. The lowest BCUT2D eigenvalue weighted by Crippen LogP contribution is -2.45. The first kappa shape index (κ1) is 18.6. The maximum absolute atomic E-state index is 13.2. The number of ether oxygens (including phenoxy) is 1. The van der Waals surface area contributed by atoms with Crippen LogP contribution in [-0.4, -0.2) is 51.9 Å². The van der Waals surface area contributed by atoms with Crippen LogP contribution in [-0.2, 0) is 22.6 Å². The van der Waals surface area contributed by atoms with Crippen molar-refractivity contribution in [1.29, 1.82) is 0 Å². The topological polar surface area (TPSA) is 72.3 Å². The number of para-hydroxylation sites is 1. The summed E-state index contributed by atoms with van der Waals surface area (Å²) in [6.07, 6.45) is 3.49. The number of carbonyl (C=O) groups is 1. The highest BCUT2D eigenvalue weighted by Gasteiger charge is 2.29. The van der Waals surface area contributed by atoms with E-state index in [1.807, 2.05) is 28.9 Å². The summed E-state index contributed by atoms with van der Waals surface area (Å²) in [6.45, 7) is 5.97. The monoisotopic (exact) mass is 379 g/mol. The van der Waals surface area contributed by atoms with E-state index >= 15 is 0 Å². The molecule has 0 aliphatic carbocycles. The summed E-state index contributed by atoms with van der Waals surface area (Å²) in [7, 11) is 0. The van der Waals surface area contributed by atoms with Gasteiger partial charge in [-0.3, -0.25) is 19.4 Å². The van der Waals surface area contributed by atoms with Crippen LogP contribution in [0.1, 0.15) is 24.2 Å². The summed E-state index contributed by atoms with van der Waals surface area (Å²) in [5, 5.41) is 8.86. The summed E-state index contributed by atoms with van der Waals surface area (Å²) < 4.78 is 7.43. The van der Waals surface area contributed by atoms with Gasteiger partial charge in [-0.2, -0.15) is 5.10 Å². The van der Waals surface area contributed by atoms with Gasteiger partial charge in [0.05, 0.1) is 31.0 Å². The number of morpholine rings is 1. The fourth-order valence-corrected chi connectivity index (χ4v) is 3.74. The molecule has 1 aliphatic heterocycles. The predicted octanol–water partition coefficient (Wildman–Crippen LogP) is 2.14. The lowest BCUT2D eigenvalue weighted by molar-refractivity contribution is -0.128. The van der Waals surface area contributed by atoms with Crippen LogP contribution in [0, 0.1) is 0 Å². The molecule has 1 aliphatic rings. The zero-order chi connectivity index (χ0) is 19.3. The molecule has 3 aromatic rings. The Balaban J connectivity index is 1.55. The van der Waals surface area contributed by atoms with Crippen LogP contribution in [0.3, 0.4) is 0 Å². The van der Waals surface area contributed by atoms with Crippen molar-refractivity contribution in [3.05, 3.63) is 60.0 Å². The number of hydrogen-bond donors (Lipinski definition) is 1. The Hall–Kier alpha value is -2.77. The summed E-state index contributed by atoms with van der Waals surface area (Å²) in [4.78, 5) is 19.5. The molecule has 2 aromatic heterocycles. The number of nitrogens with zero attached hydrogens (tertiary/aromatic N) is 4. The second-order valence-electron chi connectivity index (χ2n) is 6.83. The van der Waals surface area contributed by atoms with Gasteiger partial charge in [0.1, 0.15) is 6.04 Å². The Bertz CT molecular complexity index is 934. The maximum atomic E-state index is 13.2. The number of nitrogens with one attached hydrogen (secondary N) is 1. The fourth-order valence-electron chi connectivity index (χ4n) is 3.74. The van der Waals surface area contributed by atoms with Gasteiger partial charge in [0, 0.05) is 37.4 Å². The highest BCUT2D eigenvalue weighted by atomic mass is 16.5. The van der Waals surface area contributed by atoms with E-state index in [2.05, 4.69) is 39.4 Å². The van der Waals surface area contributed by atoms with Crippen molar-refractivity contribution in [1.82, 2.24) is 25.0 Å². The number of benzene rings is 1. The highest BCUT2D eigenvalue weighted by Crippen LogP contribution is 2.23. The quantitative estimate of drug-likeness (QED) is 0.710. The summed E-state index contributed by atoms with van der Waals surface area (Å²) in [5.74, 6) is -0.0370. The van der Waals surface area contributed by atoms with Gasteiger partial charge in [-0.1, -0.05) is 24.3 Å². The van der Waals surface area contributed by atoms with Crippen molar-refractivity contribution in [2.75, 3.05) is 26.3 Å². The molecule has 0 unspecified atom stereocenters. The Kier molecular flexibility index (Phi) is 5.64. The molecule has 0 bridgehead atoms. The minimum atomic E-state index is -0.378. The molecular weight excluding hydrogens is 354 g/mol. The molecule has 28 heavy (non-hydrogen) atoms. The normalized spacial score (nSPS) is 16.2. The van der Waals surface area contributed by atoms with Gasteiger partial charge >= 0.3 is 0 Å². The van der Waals surface area contributed by atoms with Crippen LogP contribution >= 0.6 is 0 Å². The number of amides is 1. The molecule has 1 aromatic carbocycles. The van der Waals surface area contributed by atoms with Crippen LogP contribution in [0.5, 0.6) is 0 Å². The van der Waals surface area contributed by atoms with Gasteiger partial charge in [-0.15, -0.1) is 0 Å². The number of carbonyl (C=O) groups excluding carboxylic acids is 1. The molecule has 0 radical (unpaired) electrons. The van der Waals surface area contributed by atoms with Crippen molar-refractivity contribution in [2.45, 2.75) is 26.1 Å². The number of aryl methyl sites for hydroxylation is 1. The van der Waals surface area contributed by atoms with E-state index < -0.39 is 0 Å². The minimum Gasteiger partial charge on any atom is -0.379 e. The molecular formula is C21H25N5O2. The third kappa shape index (κ3) is 3.76. The second-order valence-corrected chi connectivity index (χ2v) is 6.83. The Labute approximate surface area is 164 Å². The van der Waals surface area contributed by atoms with Gasteiger partial charge in [0.25, 0.3) is 0 Å². The van der Waals surface area contributed by atoms with Crippen LogP contribution in [0.2, 0.25) is 0 Å². The molecule has 1 saturated heterocycles. The molecule has 3 heterocycles. The molecule has 1 atom stereocenters. The summed E-state index contributed by atoms with van der Waals surface area (Å²) in [5.41, 5.74) is 2.87. The van der Waals surface area contributed by atoms with Crippen molar-refractivity contribution in [3.8, 4) is 0 Å². The Morgan fingerprint density at radius 2 is 2.04 bits per heavy atom. The smallest absolute Gasteiger partial charge is 0.242 e. The predicted molar refractivity (Wildman–Crippen MR) is 107 cm³/mol. The number of fused-ring (bicyclic) bond motifs is 1. The van der Waals surface area contributed by atoms with Crippen molar-refractivity contribution in [2.24, 2.45) is 0 Å². The average molecular weight is 379 g/mol. The van der Waals surface area contributed by atoms with E-state index in [4.69, 9.17) is 4.74 Å². The molecule has 4 rings (SSSR count). The van der Waals surface area contributed by atoms with Crippen molar-refractivity contribution < 1.29 is 9.53 Å². The standard InChI is InChI=1S/C21H25N5O2/c1-2-26-19-8-4-3-7-17(19)18(24-26)15-23-21(27)20(16-6-5-9-22-14-16)25-10-12-28-13-11-25/h3-9,14,20H,2,10-13,15H2,1H3,(H,23,27)/t20-/m1/s1. The van der Waals surface area contributed by atoms with Gasteiger partial charge in [-0.05, 0) is 24.6 Å². The minimum absolute atomic E-state index is 0.0370. The van der Waals surface area contributed by atoms with Crippen molar-refractivity contribution in [3.63, 3.8) is 0 Å². The average Bonchev–Trinajstić information content (AvgIpc) is 3.12. The Morgan fingerprint density at radius 1 is 1.21 bits per heavy atom. The van der Waals surface area contributed by atoms with E-state index in [1.54, 1.807) is 12.4 Å². The molecule has 0 saturated carbocycles.